The molecule has 0 spiro atoms. The Balaban J connectivity index is 4.03. The van der Waals surface area contributed by atoms with E-state index in [1.165, 1.54) is 44.9 Å². The summed E-state index contributed by atoms with van der Waals surface area (Å²) < 4.78 is 32.8. The zero-order chi connectivity index (χ0) is 28.2. The minimum atomic E-state index is -4.25. The molecule has 224 valence electrons. The Kier molecular flexibility index (Phi) is 26.8. The van der Waals surface area contributed by atoms with Gasteiger partial charge in [-0.2, -0.15) is 0 Å². The topological polar surface area (TPSA) is 117 Å². The SMILES string of the molecule is CCCC/C=C\C/C=C\CCCCCCCCOCC(COP(=O)(O)OCCN)OC(=O)CCCCCC. The van der Waals surface area contributed by atoms with E-state index in [0.717, 1.165) is 51.4 Å². The van der Waals surface area contributed by atoms with Gasteiger partial charge in [0, 0.05) is 19.6 Å². The van der Waals surface area contributed by atoms with Crippen molar-refractivity contribution in [3.63, 3.8) is 0 Å². The van der Waals surface area contributed by atoms with Crippen LogP contribution >= 0.6 is 7.82 Å². The van der Waals surface area contributed by atoms with Gasteiger partial charge < -0.3 is 20.1 Å². The second-order valence-corrected chi connectivity index (χ2v) is 11.1. The summed E-state index contributed by atoms with van der Waals surface area (Å²) in [6.07, 6.45) is 25.2. The normalized spacial score (nSPS) is 14.3. The van der Waals surface area contributed by atoms with E-state index >= 15 is 0 Å². The van der Waals surface area contributed by atoms with Crippen molar-refractivity contribution in [3.05, 3.63) is 24.3 Å². The summed E-state index contributed by atoms with van der Waals surface area (Å²) in [6, 6.07) is 0. The van der Waals surface area contributed by atoms with Crippen LogP contribution < -0.4 is 5.73 Å². The number of allylic oxidation sites excluding steroid dienone is 4. The van der Waals surface area contributed by atoms with Crippen LogP contribution in [-0.4, -0.2) is 49.9 Å². The van der Waals surface area contributed by atoms with E-state index in [1.54, 1.807) is 0 Å². The van der Waals surface area contributed by atoms with Crippen molar-refractivity contribution < 1.29 is 32.8 Å². The summed E-state index contributed by atoms with van der Waals surface area (Å²) >= 11 is 0. The largest absolute Gasteiger partial charge is 0.472 e. The van der Waals surface area contributed by atoms with Crippen LogP contribution in [0.5, 0.6) is 0 Å². The Hall–Kier alpha value is -1.02. The first-order valence-electron chi connectivity index (χ1n) is 14.8. The molecule has 38 heavy (non-hydrogen) atoms. The number of hydrogen-bond donors (Lipinski definition) is 2. The number of phosphoric ester groups is 1. The highest BCUT2D eigenvalue weighted by Crippen LogP contribution is 2.43. The molecule has 0 aliphatic rings. The van der Waals surface area contributed by atoms with Gasteiger partial charge in [0.25, 0.3) is 0 Å². The summed E-state index contributed by atoms with van der Waals surface area (Å²) in [5, 5.41) is 0. The molecular weight excluding hydrogens is 505 g/mol. The number of hydrogen-bond acceptors (Lipinski definition) is 7. The van der Waals surface area contributed by atoms with Crippen LogP contribution in [0.15, 0.2) is 24.3 Å². The molecule has 2 unspecified atom stereocenters. The van der Waals surface area contributed by atoms with Gasteiger partial charge in [-0.05, 0) is 38.5 Å². The van der Waals surface area contributed by atoms with Gasteiger partial charge in [0.15, 0.2) is 0 Å². The number of carbonyl (C=O) groups excluding carboxylic acids is 1. The number of ether oxygens (including phenoxy) is 2. The van der Waals surface area contributed by atoms with Gasteiger partial charge in [-0.1, -0.05) is 95.9 Å². The molecular formula is C29H56NO7P. The number of rotatable bonds is 28. The Morgan fingerprint density at radius 1 is 0.789 bits per heavy atom. The molecule has 0 rings (SSSR count). The molecule has 0 amide bonds. The van der Waals surface area contributed by atoms with E-state index in [1.807, 2.05) is 0 Å². The molecule has 0 aromatic carbocycles. The van der Waals surface area contributed by atoms with Gasteiger partial charge in [-0.25, -0.2) is 4.57 Å². The predicted octanol–water partition coefficient (Wildman–Crippen LogP) is 7.40. The molecule has 0 saturated heterocycles. The monoisotopic (exact) mass is 561 g/mol. The summed E-state index contributed by atoms with van der Waals surface area (Å²) in [5.41, 5.74) is 5.30. The van der Waals surface area contributed by atoms with Gasteiger partial charge in [0.2, 0.25) is 0 Å². The number of phosphoric acid groups is 1. The first-order chi connectivity index (χ1) is 18.4. The molecule has 8 nitrogen and oxygen atoms in total. The third kappa shape index (κ3) is 26.6. The minimum absolute atomic E-state index is 0.0976. The molecule has 9 heteroatoms. The zero-order valence-corrected chi connectivity index (χ0v) is 25.1. The molecule has 0 aliphatic heterocycles. The van der Waals surface area contributed by atoms with E-state index in [4.69, 9.17) is 24.3 Å². The quantitative estimate of drug-likeness (QED) is 0.0439. The molecule has 0 aromatic rings. The molecule has 0 radical (unpaired) electrons. The maximum atomic E-state index is 12.2. The van der Waals surface area contributed by atoms with Crippen molar-refractivity contribution >= 4 is 13.8 Å². The summed E-state index contributed by atoms with van der Waals surface area (Å²) in [7, 11) is -4.25. The van der Waals surface area contributed by atoms with E-state index < -0.39 is 13.9 Å². The fraction of sp³-hybridized carbons (Fsp3) is 0.828. The highest BCUT2D eigenvalue weighted by molar-refractivity contribution is 7.47. The molecule has 0 heterocycles. The van der Waals surface area contributed by atoms with Gasteiger partial charge in [0.1, 0.15) is 6.10 Å². The minimum Gasteiger partial charge on any atom is -0.457 e. The first-order valence-corrected chi connectivity index (χ1v) is 16.3. The van der Waals surface area contributed by atoms with Crippen molar-refractivity contribution in [1.82, 2.24) is 0 Å². The molecule has 3 N–H and O–H groups in total. The summed E-state index contributed by atoms with van der Waals surface area (Å²) in [6.45, 7) is 4.70. The van der Waals surface area contributed by atoms with Crippen LogP contribution in [0.4, 0.5) is 0 Å². The van der Waals surface area contributed by atoms with E-state index in [2.05, 4.69) is 38.2 Å². The predicted molar refractivity (Wildman–Crippen MR) is 155 cm³/mol. The lowest BCUT2D eigenvalue weighted by molar-refractivity contribution is -0.154. The molecule has 0 bridgehead atoms. The molecule has 2 atom stereocenters. The van der Waals surface area contributed by atoms with Crippen LogP contribution in [0.25, 0.3) is 0 Å². The lowest BCUT2D eigenvalue weighted by Crippen LogP contribution is -2.28. The lowest BCUT2D eigenvalue weighted by atomic mass is 10.1. The lowest BCUT2D eigenvalue weighted by Gasteiger charge is -2.20. The summed E-state index contributed by atoms with van der Waals surface area (Å²) in [5.74, 6) is -0.354. The van der Waals surface area contributed by atoms with Gasteiger partial charge >= 0.3 is 13.8 Å². The van der Waals surface area contributed by atoms with Crippen LogP contribution in [0, 0.1) is 0 Å². The van der Waals surface area contributed by atoms with Gasteiger partial charge in [-0.3, -0.25) is 13.8 Å². The van der Waals surface area contributed by atoms with Crippen molar-refractivity contribution in [2.75, 3.05) is 33.0 Å². The fourth-order valence-electron chi connectivity index (χ4n) is 3.66. The average molecular weight is 562 g/mol. The second-order valence-electron chi connectivity index (χ2n) is 9.61. The molecule has 0 fully saturated rings. The van der Waals surface area contributed by atoms with Crippen molar-refractivity contribution in [1.29, 1.82) is 0 Å². The van der Waals surface area contributed by atoms with E-state index in [9.17, 15) is 14.3 Å². The second kappa shape index (κ2) is 27.5. The van der Waals surface area contributed by atoms with Crippen LogP contribution in [0.2, 0.25) is 0 Å². The smallest absolute Gasteiger partial charge is 0.457 e. The van der Waals surface area contributed by atoms with Gasteiger partial charge in [-0.15, -0.1) is 0 Å². The number of nitrogens with two attached hydrogens (primary N) is 1. The Labute approximate surface area is 232 Å². The Morgan fingerprint density at radius 2 is 1.42 bits per heavy atom. The van der Waals surface area contributed by atoms with Crippen LogP contribution in [-0.2, 0) is 27.9 Å². The maximum Gasteiger partial charge on any atom is 0.472 e. The fourth-order valence-corrected chi connectivity index (χ4v) is 4.42. The standard InChI is InChI=1S/C29H56NO7P/c1-3-5-7-9-10-11-12-13-14-15-16-17-18-19-21-24-34-26-28(27-36-38(32,33)35-25-23-30)37-29(31)22-20-8-6-4-2/h9-10,12-13,28H,3-8,11,14-27,30H2,1-2H3,(H,32,33)/b10-9-,13-12-. The van der Waals surface area contributed by atoms with Crippen molar-refractivity contribution in [2.24, 2.45) is 5.73 Å². The Bertz CT molecular complexity index is 642. The number of esters is 1. The number of carbonyl (C=O) groups is 1. The summed E-state index contributed by atoms with van der Waals surface area (Å²) in [4.78, 5) is 21.9. The third-order valence-electron chi connectivity index (χ3n) is 5.87. The van der Waals surface area contributed by atoms with E-state index in [-0.39, 0.29) is 32.3 Å². The third-order valence-corrected chi connectivity index (χ3v) is 6.86. The van der Waals surface area contributed by atoms with Crippen molar-refractivity contribution in [2.45, 2.75) is 123 Å². The van der Waals surface area contributed by atoms with Crippen molar-refractivity contribution in [3.8, 4) is 0 Å². The van der Waals surface area contributed by atoms with Gasteiger partial charge in [0.05, 0.1) is 19.8 Å². The highest BCUT2D eigenvalue weighted by Gasteiger charge is 2.25. The maximum absolute atomic E-state index is 12.2. The highest BCUT2D eigenvalue weighted by atomic mass is 31.2. The zero-order valence-electron chi connectivity index (χ0n) is 24.2. The Morgan fingerprint density at radius 3 is 2.11 bits per heavy atom. The molecule has 0 saturated carbocycles. The number of unbranched alkanes of at least 4 members (excludes halogenated alkanes) is 11. The first kappa shape index (κ1) is 37.0. The molecule has 0 aliphatic carbocycles. The molecule has 0 aromatic heterocycles. The van der Waals surface area contributed by atoms with Crippen LogP contribution in [0.3, 0.4) is 0 Å². The average Bonchev–Trinajstić information content (AvgIpc) is 2.90. The van der Waals surface area contributed by atoms with Crippen LogP contribution in [0.1, 0.15) is 117 Å². The van der Waals surface area contributed by atoms with E-state index in [0.29, 0.717) is 13.0 Å².